The Morgan fingerprint density at radius 2 is 1.73 bits per heavy atom. The maximum Gasteiger partial charge on any atom is 0.425 e. The Morgan fingerprint density at radius 3 is 2.07 bits per heavy atom. The lowest BCUT2D eigenvalue weighted by molar-refractivity contribution is -0.134. The van der Waals surface area contributed by atoms with Crippen LogP contribution in [0.5, 0.6) is 0 Å². The van der Waals surface area contributed by atoms with Gasteiger partial charge in [-0.15, -0.1) is 11.3 Å². The van der Waals surface area contributed by atoms with E-state index in [9.17, 15) is 13.2 Å². The third-order valence-electron chi connectivity index (χ3n) is 3.14. The van der Waals surface area contributed by atoms with Gasteiger partial charge >= 0.3 is 6.18 Å². The quantitative estimate of drug-likeness (QED) is 0.704. The van der Waals surface area contributed by atoms with E-state index in [1.165, 1.54) is 6.07 Å². The predicted octanol–water partition coefficient (Wildman–Crippen LogP) is 4.84. The van der Waals surface area contributed by atoms with E-state index < -0.39 is 11.1 Å². The van der Waals surface area contributed by atoms with Crippen molar-refractivity contribution in [2.75, 3.05) is 0 Å². The summed E-state index contributed by atoms with van der Waals surface area (Å²) in [7, 11) is 0. The monoisotopic (exact) mass is 236 g/mol. The smallest absolute Gasteiger partial charge is 0.165 e. The lowest BCUT2D eigenvalue weighted by Gasteiger charge is -2.25. The van der Waals surface area contributed by atoms with Gasteiger partial charge in [0.1, 0.15) is 4.88 Å². The Labute approximate surface area is 92.1 Å². The first-order valence-electron chi connectivity index (χ1n) is 4.99. The highest BCUT2D eigenvalue weighted by Gasteiger charge is 2.34. The summed E-state index contributed by atoms with van der Waals surface area (Å²) in [5.74, 6) is 0. The number of hydrogen-bond acceptors (Lipinski definition) is 1. The van der Waals surface area contributed by atoms with Crippen molar-refractivity contribution < 1.29 is 13.2 Å². The van der Waals surface area contributed by atoms with Gasteiger partial charge in [0.2, 0.25) is 0 Å². The van der Waals surface area contributed by atoms with Crippen molar-refractivity contribution >= 4 is 11.3 Å². The van der Waals surface area contributed by atoms with E-state index in [1.807, 2.05) is 20.8 Å². The summed E-state index contributed by atoms with van der Waals surface area (Å²) < 4.78 is 37.2. The Kier molecular flexibility index (Phi) is 3.48. The Balaban J connectivity index is 3.03. The zero-order valence-corrected chi connectivity index (χ0v) is 9.93. The molecule has 4 heteroatoms. The molecule has 0 radical (unpaired) electrons. The van der Waals surface area contributed by atoms with Crippen molar-refractivity contribution in [2.45, 2.75) is 45.2 Å². The van der Waals surface area contributed by atoms with Crippen LogP contribution in [0.3, 0.4) is 0 Å². The van der Waals surface area contributed by atoms with Crippen LogP contribution < -0.4 is 0 Å². The first-order valence-corrected chi connectivity index (χ1v) is 5.87. The van der Waals surface area contributed by atoms with Crippen LogP contribution in [0.15, 0.2) is 11.4 Å². The first-order chi connectivity index (χ1) is 6.83. The molecule has 1 heterocycles. The Hall–Kier alpha value is -0.510. The lowest BCUT2D eigenvalue weighted by Crippen LogP contribution is -2.18. The molecular weight excluding hydrogens is 221 g/mol. The van der Waals surface area contributed by atoms with E-state index in [0.717, 1.165) is 29.7 Å². The van der Waals surface area contributed by atoms with Gasteiger partial charge in [0.05, 0.1) is 0 Å². The number of halogens is 3. The molecule has 0 aliphatic rings. The van der Waals surface area contributed by atoms with Crippen molar-refractivity contribution in [3.05, 3.63) is 21.9 Å². The summed E-state index contributed by atoms with van der Waals surface area (Å²) in [6, 6.07) is 1.29. The van der Waals surface area contributed by atoms with Crippen LogP contribution in [0.25, 0.3) is 0 Å². The van der Waals surface area contributed by atoms with Crippen LogP contribution in [0.1, 0.15) is 44.1 Å². The van der Waals surface area contributed by atoms with Gasteiger partial charge in [0, 0.05) is 0 Å². The SMILES string of the molecule is CCC(C)(CC)c1csc(C(F)(F)F)c1. The number of alkyl halides is 3. The molecule has 0 aliphatic heterocycles. The molecule has 15 heavy (non-hydrogen) atoms. The highest BCUT2D eigenvalue weighted by molar-refractivity contribution is 7.10. The molecule has 86 valence electrons. The summed E-state index contributed by atoms with van der Waals surface area (Å²) in [4.78, 5) is -0.495. The minimum Gasteiger partial charge on any atom is -0.165 e. The van der Waals surface area contributed by atoms with Crippen molar-refractivity contribution in [3.8, 4) is 0 Å². The van der Waals surface area contributed by atoms with Gasteiger partial charge in [-0.3, -0.25) is 0 Å². The fourth-order valence-electron chi connectivity index (χ4n) is 1.46. The van der Waals surface area contributed by atoms with Crippen LogP contribution in [-0.2, 0) is 11.6 Å². The average Bonchev–Trinajstić information content (AvgIpc) is 2.65. The van der Waals surface area contributed by atoms with Crippen molar-refractivity contribution in [1.29, 1.82) is 0 Å². The van der Waals surface area contributed by atoms with Gasteiger partial charge in [-0.05, 0) is 35.3 Å². The number of rotatable bonds is 3. The van der Waals surface area contributed by atoms with E-state index in [-0.39, 0.29) is 5.41 Å². The lowest BCUT2D eigenvalue weighted by atomic mass is 9.79. The van der Waals surface area contributed by atoms with Gasteiger partial charge in [0.25, 0.3) is 0 Å². The molecule has 0 atom stereocenters. The molecule has 1 rings (SSSR count). The summed E-state index contributed by atoms with van der Waals surface area (Å²) in [5.41, 5.74) is 0.685. The van der Waals surface area contributed by atoms with E-state index in [0.29, 0.717) is 0 Å². The maximum atomic E-state index is 12.4. The molecule has 0 unspecified atom stereocenters. The third-order valence-corrected chi connectivity index (χ3v) is 4.11. The molecule has 0 spiro atoms. The van der Waals surface area contributed by atoms with E-state index in [1.54, 1.807) is 5.38 Å². The van der Waals surface area contributed by atoms with Gasteiger partial charge < -0.3 is 0 Å². The maximum absolute atomic E-state index is 12.4. The van der Waals surface area contributed by atoms with Crippen molar-refractivity contribution in [3.63, 3.8) is 0 Å². The van der Waals surface area contributed by atoms with Crippen LogP contribution in [0, 0.1) is 0 Å². The molecule has 0 nitrogen and oxygen atoms in total. The Bertz CT molecular complexity index is 321. The fourth-order valence-corrected chi connectivity index (χ4v) is 2.39. The summed E-state index contributed by atoms with van der Waals surface area (Å²) >= 11 is 0.789. The zero-order valence-electron chi connectivity index (χ0n) is 9.11. The molecular formula is C11H15F3S. The fraction of sp³-hybridized carbons (Fsp3) is 0.636. The minimum atomic E-state index is -4.20. The molecule has 0 N–H and O–H groups in total. The van der Waals surface area contributed by atoms with Crippen LogP contribution in [0.2, 0.25) is 0 Å². The highest BCUT2D eigenvalue weighted by Crippen LogP contribution is 2.39. The topological polar surface area (TPSA) is 0 Å². The third kappa shape index (κ3) is 2.54. The molecule has 1 aromatic rings. The normalized spacial score (nSPS) is 13.2. The second-order valence-corrected chi connectivity index (χ2v) is 4.88. The standard InChI is InChI=1S/C11H15F3S/c1-4-10(3,5-2)8-6-9(15-7-8)11(12,13)14/h6-7H,4-5H2,1-3H3. The van der Waals surface area contributed by atoms with Gasteiger partial charge in [-0.1, -0.05) is 20.8 Å². The van der Waals surface area contributed by atoms with Crippen LogP contribution in [0.4, 0.5) is 13.2 Å². The molecule has 0 fully saturated rings. The molecule has 0 saturated carbocycles. The van der Waals surface area contributed by atoms with E-state index in [4.69, 9.17) is 0 Å². The number of hydrogen-bond donors (Lipinski definition) is 0. The first kappa shape index (κ1) is 12.6. The van der Waals surface area contributed by atoms with Gasteiger partial charge in [0.15, 0.2) is 0 Å². The minimum absolute atomic E-state index is 0.125. The van der Waals surface area contributed by atoms with E-state index >= 15 is 0 Å². The van der Waals surface area contributed by atoms with Crippen LogP contribution in [-0.4, -0.2) is 0 Å². The molecule has 0 amide bonds. The van der Waals surface area contributed by atoms with Gasteiger partial charge in [-0.25, -0.2) is 0 Å². The molecule has 0 aliphatic carbocycles. The molecule has 0 aromatic carbocycles. The molecule has 0 saturated heterocycles. The number of thiophene rings is 1. The second-order valence-electron chi connectivity index (χ2n) is 3.97. The van der Waals surface area contributed by atoms with Crippen molar-refractivity contribution in [2.24, 2.45) is 0 Å². The Morgan fingerprint density at radius 1 is 1.20 bits per heavy atom. The summed E-state index contributed by atoms with van der Waals surface area (Å²) in [5, 5.41) is 1.63. The highest BCUT2D eigenvalue weighted by atomic mass is 32.1. The predicted molar refractivity (Wildman–Crippen MR) is 57.3 cm³/mol. The van der Waals surface area contributed by atoms with Crippen molar-refractivity contribution in [1.82, 2.24) is 0 Å². The summed E-state index contributed by atoms with van der Waals surface area (Å²) in [6.45, 7) is 6.03. The van der Waals surface area contributed by atoms with Crippen LogP contribution >= 0.6 is 11.3 Å². The second kappa shape index (κ2) is 4.16. The van der Waals surface area contributed by atoms with E-state index in [2.05, 4.69) is 0 Å². The molecule has 1 aromatic heterocycles. The van der Waals surface area contributed by atoms with Gasteiger partial charge in [-0.2, -0.15) is 13.2 Å². The average molecular weight is 236 g/mol. The molecule has 0 bridgehead atoms. The summed E-state index contributed by atoms with van der Waals surface area (Å²) in [6.07, 6.45) is -2.49. The largest absolute Gasteiger partial charge is 0.425 e. The zero-order chi connectivity index (χ0) is 11.7.